The Labute approximate surface area is 140 Å². The minimum Gasteiger partial charge on any atom is -0.270 e. The molecule has 3 rings (SSSR count). The molecule has 0 spiro atoms. The van der Waals surface area contributed by atoms with Crippen molar-refractivity contribution in [1.82, 2.24) is 24.8 Å². The Hall–Kier alpha value is -2.14. The molecule has 0 radical (unpaired) electrons. The third-order valence-corrected chi connectivity index (χ3v) is 4.12. The summed E-state index contributed by atoms with van der Waals surface area (Å²) < 4.78 is 3.80. The van der Waals surface area contributed by atoms with Gasteiger partial charge in [-0.2, -0.15) is 5.10 Å². The highest BCUT2D eigenvalue weighted by atomic mass is 35.5. The fraction of sp³-hybridized carbons (Fsp3) is 0.353. The molecule has 1 atom stereocenters. The third kappa shape index (κ3) is 3.62. The maximum Gasteiger partial charge on any atom is 0.116 e. The molecule has 0 N–H and O–H groups in total. The van der Waals surface area contributed by atoms with E-state index in [1.165, 1.54) is 5.56 Å². The Bertz CT molecular complexity index is 772. The number of rotatable bonds is 5. The lowest BCUT2D eigenvalue weighted by Crippen LogP contribution is -2.06. The summed E-state index contributed by atoms with van der Waals surface area (Å²) >= 11 is 5.94. The van der Waals surface area contributed by atoms with Gasteiger partial charge in [-0.3, -0.25) is 9.36 Å². The molecule has 6 heteroatoms. The van der Waals surface area contributed by atoms with Gasteiger partial charge in [0, 0.05) is 35.3 Å². The first-order chi connectivity index (χ1) is 11.0. The average Bonchev–Trinajstić information content (AvgIpc) is 3.16. The maximum absolute atomic E-state index is 5.94. The number of hydrogen-bond acceptors (Lipinski definition) is 3. The molecule has 0 saturated carbocycles. The van der Waals surface area contributed by atoms with Gasteiger partial charge in [-0.05, 0) is 31.5 Å². The highest BCUT2D eigenvalue weighted by molar-refractivity contribution is 6.30. The van der Waals surface area contributed by atoms with Crippen molar-refractivity contribution in [2.45, 2.75) is 39.3 Å². The van der Waals surface area contributed by atoms with Crippen LogP contribution in [0.1, 0.15) is 38.3 Å². The molecule has 0 amide bonds. The summed E-state index contributed by atoms with van der Waals surface area (Å²) in [5.41, 5.74) is 3.07. The van der Waals surface area contributed by atoms with Gasteiger partial charge < -0.3 is 0 Å². The van der Waals surface area contributed by atoms with Gasteiger partial charge in [0.1, 0.15) is 5.69 Å². The summed E-state index contributed by atoms with van der Waals surface area (Å²) in [4.78, 5) is 0. The second kappa shape index (κ2) is 6.54. The van der Waals surface area contributed by atoms with E-state index in [1.807, 2.05) is 40.1 Å². The Kier molecular flexibility index (Phi) is 4.48. The standard InChI is InChI=1S/C17H20ClN5/c1-12(2)23-10-15(8-19-23)17-11-22(21-20-17)9-13(3)14-4-6-16(18)7-5-14/h4-8,10-13H,9H2,1-3H3. The highest BCUT2D eigenvalue weighted by Crippen LogP contribution is 2.21. The first-order valence-corrected chi connectivity index (χ1v) is 8.11. The molecule has 1 unspecified atom stereocenters. The number of hydrogen-bond donors (Lipinski definition) is 0. The maximum atomic E-state index is 5.94. The predicted molar refractivity (Wildman–Crippen MR) is 91.5 cm³/mol. The van der Waals surface area contributed by atoms with Crippen molar-refractivity contribution in [2.75, 3.05) is 0 Å². The van der Waals surface area contributed by atoms with Crippen LogP contribution in [0.5, 0.6) is 0 Å². The fourth-order valence-corrected chi connectivity index (χ4v) is 2.58. The van der Waals surface area contributed by atoms with E-state index in [9.17, 15) is 0 Å². The van der Waals surface area contributed by atoms with E-state index in [0.717, 1.165) is 22.8 Å². The lowest BCUT2D eigenvalue weighted by Gasteiger charge is -2.11. The summed E-state index contributed by atoms with van der Waals surface area (Å²) in [6, 6.07) is 8.28. The first kappa shape index (κ1) is 15.7. The summed E-state index contributed by atoms with van der Waals surface area (Å²) in [5.74, 6) is 0.334. The summed E-state index contributed by atoms with van der Waals surface area (Å²) in [5, 5.41) is 13.6. The van der Waals surface area contributed by atoms with Gasteiger partial charge in [0.05, 0.1) is 12.4 Å². The van der Waals surface area contributed by atoms with Crippen LogP contribution in [0.15, 0.2) is 42.9 Å². The Morgan fingerprint density at radius 3 is 2.48 bits per heavy atom. The van der Waals surface area contributed by atoms with Gasteiger partial charge in [0.15, 0.2) is 0 Å². The minimum atomic E-state index is 0.334. The minimum absolute atomic E-state index is 0.334. The van der Waals surface area contributed by atoms with E-state index in [4.69, 9.17) is 11.6 Å². The number of halogens is 1. The van der Waals surface area contributed by atoms with Crippen molar-refractivity contribution in [3.05, 3.63) is 53.4 Å². The van der Waals surface area contributed by atoms with E-state index in [2.05, 4.69) is 48.3 Å². The Balaban J connectivity index is 1.72. The van der Waals surface area contributed by atoms with Crippen LogP contribution in [0.2, 0.25) is 5.02 Å². The topological polar surface area (TPSA) is 48.5 Å². The first-order valence-electron chi connectivity index (χ1n) is 7.73. The van der Waals surface area contributed by atoms with Crippen LogP contribution in [0.25, 0.3) is 11.3 Å². The molecular weight excluding hydrogens is 310 g/mol. The van der Waals surface area contributed by atoms with Crippen LogP contribution >= 0.6 is 11.6 Å². The van der Waals surface area contributed by atoms with Gasteiger partial charge in [-0.1, -0.05) is 35.9 Å². The monoisotopic (exact) mass is 329 g/mol. The van der Waals surface area contributed by atoms with Crippen LogP contribution < -0.4 is 0 Å². The summed E-state index contributed by atoms with van der Waals surface area (Å²) in [7, 11) is 0. The molecule has 5 nitrogen and oxygen atoms in total. The van der Waals surface area contributed by atoms with Gasteiger partial charge in [-0.15, -0.1) is 5.10 Å². The zero-order valence-electron chi connectivity index (χ0n) is 13.5. The van der Waals surface area contributed by atoms with Crippen molar-refractivity contribution in [3.8, 4) is 11.3 Å². The molecular formula is C17H20ClN5. The predicted octanol–water partition coefficient (Wildman–Crippen LogP) is 4.18. The zero-order chi connectivity index (χ0) is 16.4. The summed E-state index contributed by atoms with van der Waals surface area (Å²) in [6.45, 7) is 7.14. The second-order valence-electron chi connectivity index (χ2n) is 6.08. The third-order valence-electron chi connectivity index (χ3n) is 3.86. The Morgan fingerprint density at radius 1 is 1.09 bits per heavy atom. The van der Waals surface area contributed by atoms with E-state index in [1.54, 1.807) is 0 Å². The van der Waals surface area contributed by atoms with E-state index >= 15 is 0 Å². The van der Waals surface area contributed by atoms with Crippen LogP contribution in [0.4, 0.5) is 0 Å². The number of aromatic nitrogens is 5. The second-order valence-corrected chi connectivity index (χ2v) is 6.52. The molecule has 0 fully saturated rings. The molecule has 0 aliphatic heterocycles. The molecule has 23 heavy (non-hydrogen) atoms. The molecule has 3 aromatic rings. The lowest BCUT2D eigenvalue weighted by molar-refractivity contribution is 0.527. The van der Waals surface area contributed by atoms with Crippen molar-refractivity contribution < 1.29 is 0 Å². The highest BCUT2D eigenvalue weighted by Gasteiger charge is 2.11. The molecule has 2 aromatic heterocycles. The largest absolute Gasteiger partial charge is 0.270 e. The van der Waals surface area contributed by atoms with Crippen LogP contribution in [-0.2, 0) is 6.54 Å². The zero-order valence-corrected chi connectivity index (χ0v) is 14.3. The number of nitrogens with zero attached hydrogens (tertiary/aromatic N) is 5. The van der Waals surface area contributed by atoms with Gasteiger partial charge in [-0.25, -0.2) is 0 Å². The quantitative estimate of drug-likeness (QED) is 0.705. The molecule has 0 aliphatic carbocycles. The lowest BCUT2D eigenvalue weighted by atomic mass is 10.0. The molecule has 0 saturated heterocycles. The fourth-order valence-electron chi connectivity index (χ4n) is 2.45. The van der Waals surface area contributed by atoms with Crippen molar-refractivity contribution >= 4 is 11.6 Å². The van der Waals surface area contributed by atoms with E-state index in [0.29, 0.717) is 12.0 Å². The molecule has 120 valence electrons. The van der Waals surface area contributed by atoms with Crippen LogP contribution in [0.3, 0.4) is 0 Å². The SMILES string of the molecule is CC(Cn1cc(-c2cnn(C(C)C)c2)nn1)c1ccc(Cl)cc1. The molecule has 0 bridgehead atoms. The normalized spacial score (nSPS) is 12.7. The van der Waals surface area contributed by atoms with E-state index < -0.39 is 0 Å². The smallest absolute Gasteiger partial charge is 0.116 e. The molecule has 2 heterocycles. The molecule has 1 aromatic carbocycles. The van der Waals surface area contributed by atoms with E-state index in [-0.39, 0.29) is 0 Å². The van der Waals surface area contributed by atoms with Crippen LogP contribution in [-0.4, -0.2) is 24.8 Å². The van der Waals surface area contributed by atoms with Crippen molar-refractivity contribution in [1.29, 1.82) is 0 Å². The van der Waals surface area contributed by atoms with Gasteiger partial charge in [0.2, 0.25) is 0 Å². The Morgan fingerprint density at radius 2 is 1.83 bits per heavy atom. The molecule has 0 aliphatic rings. The van der Waals surface area contributed by atoms with Gasteiger partial charge >= 0.3 is 0 Å². The van der Waals surface area contributed by atoms with Crippen LogP contribution in [0, 0.1) is 0 Å². The van der Waals surface area contributed by atoms with Crippen molar-refractivity contribution in [2.24, 2.45) is 0 Å². The number of benzene rings is 1. The van der Waals surface area contributed by atoms with Gasteiger partial charge in [0.25, 0.3) is 0 Å². The summed E-state index contributed by atoms with van der Waals surface area (Å²) in [6.07, 6.45) is 5.80. The average molecular weight is 330 g/mol. The van der Waals surface area contributed by atoms with Crippen molar-refractivity contribution in [3.63, 3.8) is 0 Å².